The highest BCUT2D eigenvalue weighted by atomic mass is 35.5. The predicted octanol–water partition coefficient (Wildman–Crippen LogP) is 8.45. The molecule has 0 bridgehead atoms. The number of non-ortho nitro benzene ring substituents is 1. The summed E-state index contributed by atoms with van der Waals surface area (Å²) in [4.78, 5) is 51.8. The number of thioether (sulfide) groups is 1. The zero-order chi connectivity index (χ0) is 35.6. The van der Waals surface area contributed by atoms with E-state index in [-0.39, 0.29) is 17.3 Å². The topological polar surface area (TPSA) is 140 Å². The van der Waals surface area contributed by atoms with Gasteiger partial charge in [0.2, 0.25) is 5.91 Å². The summed E-state index contributed by atoms with van der Waals surface area (Å²) in [7, 11) is 1.50. The zero-order valence-electron chi connectivity index (χ0n) is 26.9. The van der Waals surface area contributed by atoms with Gasteiger partial charge in [-0.2, -0.15) is 0 Å². The van der Waals surface area contributed by atoms with Crippen LogP contribution in [0.4, 0.5) is 17.1 Å². The second-order valence-corrected chi connectivity index (χ2v) is 12.5. The number of carbonyl (C=O) groups is 3. The Morgan fingerprint density at radius 3 is 2.20 bits per heavy atom. The van der Waals surface area contributed by atoms with Gasteiger partial charge in [-0.05, 0) is 78.2 Å². The van der Waals surface area contributed by atoms with E-state index >= 15 is 0 Å². The van der Waals surface area contributed by atoms with Crippen LogP contribution in [0.15, 0.2) is 132 Å². The van der Waals surface area contributed by atoms with Crippen LogP contribution >= 0.6 is 23.4 Å². The number of nitro benzene ring substituents is 1. The van der Waals surface area contributed by atoms with Crippen molar-refractivity contribution in [3.8, 4) is 5.75 Å². The molecule has 3 amide bonds. The molecule has 0 aliphatic carbocycles. The maximum atomic E-state index is 13.8. The molecule has 50 heavy (non-hydrogen) atoms. The molecule has 0 fully saturated rings. The number of nitrogens with zero attached hydrogens (tertiary/aromatic N) is 1. The number of hydrogen-bond donors (Lipinski definition) is 3. The van der Waals surface area contributed by atoms with E-state index in [2.05, 4.69) is 16.0 Å². The minimum absolute atomic E-state index is 0.0838. The maximum absolute atomic E-state index is 13.8. The van der Waals surface area contributed by atoms with Crippen molar-refractivity contribution in [3.05, 3.63) is 164 Å². The van der Waals surface area contributed by atoms with E-state index in [0.29, 0.717) is 38.2 Å². The Labute approximate surface area is 297 Å². The molecule has 0 saturated heterocycles. The number of rotatable bonds is 12. The highest BCUT2D eigenvalue weighted by molar-refractivity contribution is 8.00. The van der Waals surface area contributed by atoms with Gasteiger partial charge in [-0.15, -0.1) is 11.8 Å². The Morgan fingerprint density at radius 2 is 1.54 bits per heavy atom. The standard InChI is InChI=1S/C38H31ClN4O6S/c1-24-20-32(34(49-2)23-31(24)39)41-38(46)35(26-10-5-3-6-11-26)50-30-15-9-14-28(22-30)40-37(45)33(42-36(44)27-12-7-4-8-13-27)21-25-16-18-29(19-17-25)43(47)48/h3-23,35H,1-2H3,(H,40,45)(H,41,46)(H,42,44)/b33-21+. The molecule has 12 heteroatoms. The van der Waals surface area contributed by atoms with Crippen LogP contribution in [0.25, 0.3) is 6.08 Å². The van der Waals surface area contributed by atoms with Crippen molar-refractivity contribution in [2.75, 3.05) is 17.7 Å². The van der Waals surface area contributed by atoms with Gasteiger partial charge in [0.05, 0.1) is 17.7 Å². The van der Waals surface area contributed by atoms with E-state index in [1.54, 1.807) is 60.7 Å². The number of benzene rings is 5. The van der Waals surface area contributed by atoms with Crippen LogP contribution in [0.1, 0.15) is 32.3 Å². The second kappa shape index (κ2) is 16.5. The first-order valence-corrected chi connectivity index (χ1v) is 16.5. The largest absolute Gasteiger partial charge is 0.495 e. The number of carbonyl (C=O) groups excluding carboxylic acids is 3. The molecular weight excluding hydrogens is 676 g/mol. The van der Waals surface area contributed by atoms with Crippen molar-refractivity contribution in [2.45, 2.75) is 17.1 Å². The second-order valence-electron chi connectivity index (χ2n) is 10.9. The van der Waals surface area contributed by atoms with Crippen LogP contribution < -0.4 is 20.7 Å². The number of anilines is 2. The monoisotopic (exact) mass is 706 g/mol. The van der Waals surface area contributed by atoms with Gasteiger partial charge >= 0.3 is 0 Å². The number of methoxy groups -OCH3 is 1. The Hall–Kier alpha value is -5.91. The summed E-state index contributed by atoms with van der Waals surface area (Å²) in [5, 5.41) is 19.4. The lowest BCUT2D eigenvalue weighted by atomic mass is 10.1. The molecule has 0 aromatic heterocycles. The fourth-order valence-electron chi connectivity index (χ4n) is 4.81. The molecule has 5 rings (SSSR count). The quantitative estimate of drug-likeness (QED) is 0.0512. The van der Waals surface area contributed by atoms with Crippen LogP contribution in [0, 0.1) is 17.0 Å². The number of aryl methyl sites for hydroxylation is 1. The molecule has 0 aliphatic heterocycles. The van der Waals surface area contributed by atoms with E-state index in [1.165, 1.54) is 49.2 Å². The lowest BCUT2D eigenvalue weighted by molar-refractivity contribution is -0.384. The first-order chi connectivity index (χ1) is 24.1. The molecular formula is C38H31ClN4O6S. The normalized spacial score (nSPS) is 11.6. The SMILES string of the molecule is COc1cc(Cl)c(C)cc1NC(=O)C(Sc1cccc(NC(=O)/C(=C\c2ccc([N+](=O)[O-])cc2)NC(=O)c2ccccc2)c1)c1ccccc1. The average Bonchev–Trinajstić information content (AvgIpc) is 3.12. The summed E-state index contributed by atoms with van der Waals surface area (Å²) >= 11 is 7.56. The van der Waals surface area contributed by atoms with E-state index < -0.39 is 22.0 Å². The molecule has 0 saturated carbocycles. The van der Waals surface area contributed by atoms with Crippen molar-refractivity contribution >= 4 is 64.2 Å². The van der Waals surface area contributed by atoms with Crippen LogP contribution in [0.2, 0.25) is 5.02 Å². The Balaban J connectivity index is 1.40. The third-order valence-corrected chi connectivity index (χ3v) is 9.02. The molecule has 5 aromatic rings. The van der Waals surface area contributed by atoms with Gasteiger partial charge in [-0.3, -0.25) is 24.5 Å². The highest BCUT2D eigenvalue weighted by Gasteiger charge is 2.24. The van der Waals surface area contributed by atoms with E-state index in [9.17, 15) is 24.5 Å². The summed E-state index contributed by atoms with van der Waals surface area (Å²) in [5.41, 5.74) is 3.02. The van der Waals surface area contributed by atoms with Crippen molar-refractivity contribution in [2.24, 2.45) is 0 Å². The van der Waals surface area contributed by atoms with Crippen molar-refractivity contribution in [1.82, 2.24) is 5.32 Å². The lowest BCUT2D eigenvalue weighted by Gasteiger charge is -2.19. The minimum atomic E-state index is -0.689. The molecule has 0 radical (unpaired) electrons. The van der Waals surface area contributed by atoms with Gasteiger partial charge < -0.3 is 20.7 Å². The zero-order valence-corrected chi connectivity index (χ0v) is 28.5. The van der Waals surface area contributed by atoms with Gasteiger partial charge in [0, 0.05) is 39.4 Å². The molecule has 3 N–H and O–H groups in total. The number of amides is 3. The number of nitro groups is 1. The first kappa shape index (κ1) is 35.4. The van der Waals surface area contributed by atoms with Crippen LogP contribution in [-0.2, 0) is 9.59 Å². The van der Waals surface area contributed by atoms with Crippen LogP contribution in [0.3, 0.4) is 0 Å². The van der Waals surface area contributed by atoms with Crippen molar-refractivity contribution in [3.63, 3.8) is 0 Å². The minimum Gasteiger partial charge on any atom is -0.495 e. The van der Waals surface area contributed by atoms with Gasteiger partial charge in [0.1, 0.15) is 16.7 Å². The molecule has 1 unspecified atom stereocenters. The highest BCUT2D eigenvalue weighted by Crippen LogP contribution is 2.39. The molecule has 1 atom stereocenters. The molecule has 0 heterocycles. The third kappa shape index (κ3) is 9.16. The predicted molar refractivity (Wildman–Crippen MR) is 196 cm³/mol. The number of hydrogen-bond acceptors (Lipinski definition) is 7. The van der Waals surface area contributed by atoms with Gasteiger partial charge in [0.15, 0.2) is 0 Å². The van der Waals surface area contributed by atoms with E-state index in [0.717, 1.165) is 11.1 Å². The number of nitrogens with one attached hydrogen (secondary N) is 3. The van der Waals surface area contributed by atoms with Gasteiger partial charge in [0.25, 0.3) is 17.5 Å². The smallest absolute Gasteiger partial charge is 0.272 e. The third-order valence-electron chi connectivity index (χ3n) is 7.37. The first-order valence-electron chi connectivity index (χ1n) is 15.2. The maximum Gasteiger partial charge on any atom is 0.272 e. The molecule has 5 aromatic carbocycles. The van der Waals surface area contributed by atoms with Gasteiger partial charge in [-0.1, -0.05) is 66.2 Å². The van der Waals surface area contributed by atoms with Crippen molar-refractivity contribution in [1.29, 1.82) is 0 Å². The summed E-state index contributed by atoms with van der Waals surface area (Å²) in [6.45, 7) is 1.83. The summed E-state index contributed by atoms with van der Waals surface area (Å²) < 4.78 is 5.46. The summed E-state index contributed by atoms with van der Waals surface area (Å²) in [5.74, 6) is -1.01. The number of ether oxygens (including phenoxy) is 1. The molecule has 10 nitrogen and oxygen atoms in total. The Bertz CT molecular complexity index is 2060. The Kier molecular flexibility index (Phi) is 11.7. The fraction of sp³-hybridized carbons (Fsp3) is 0.0789. The van der Waals surface area contributed by atoms with Gasteiger partial charge in [-0.25, -0.2) is 0 Å². The summed E-state index contributed by atoms with van der Waals surface area (Å²) in [6.07, 6.45) is 1.43. The lowest BCUT2D eigenvalue weighted by Crippen LogP contribution is -2.30. The van der Waals surface area contributed by atoms with Crippen LogP contribution in [-0.4, -0.2) is 29.8 Å². The molecule has 0 aliphatic rings. The average molecular weight is 707 g/mol. The fourth-order valence-corrected chi connectivity index (χ4v) is 6.05. The number of halogens is 1. The molecule has 0 spiro atoms. The molecule has 252 valence electrons. The van der Waals surface area contributed by atoms with Crippen LogP contribution in [0.5, 0.6) is 5.75 Å². The van der Waals surface area contributed by atoms with Crippen molar-refractivity contribution < 1.29 is 24.0 Å². The Morgan fingerprint density at radius 1 is 0.860 bits per heavy atom. The summed E-state index contributed by atoms with van der Waals surface area (Å²) in [6, 6.07) is 33.6. The van der Waals surface area contributed by atoms with E-state index in [1.807, 2.05) is 43.3 Å². The van der Waals surface area contributed by atoms with E-state index in [4.69, 9.17) is 16.3 Å².